The first-order valence-corrected chi connectivity index (χ1v) is 9.72. The van der Waals surface area contributed by atoms with Gasteiger partial charge in [-0.2, -0.15) is 0 Å². The highest BCUT2D eigenvalue weighted by molar-refractivity contribution is 5.96. The van der Waals surface area contributed by atoms with E-state index < -0.39 is 0 Å². The highest BCUT2D eigenvalue weighted by Crippen LogP contribution is 2.29. The summed E-state index contributed by atoms with van der Waals surface area (Å²) in [5.41, 5.74) is 3.57. The number of rotatable bonds is 8. The van der Waals surface area contributed by atoms with Crippen molar-refractivity contribution in [2.45, 2.75) is 26.3 Å². The first-order chi connectivity index (χ1) is 14.5. The predicted molar refractivity (Wildman–Crippen MR) is 116 cm³/mol. The molecule has 0 atom stereocenters. The number of amides is 1. The highest BCUT2D eigenvalue weighted by Gasteiger charge is 2.14. The van der Waals surface area contributed by atoms with Gasteiger partial charge in [0, 0.05) is 19.7 Å². The van der Waals surface area contributed by atoms with E-state index in [0.717, 1.165) is 16.9 Å². The van der Waals surface area contributed by atoms with Crippen LogP contribution in [0.5, 0.6) is 0 Å². The van der Waals surface area contributed by atoms with Crippen LogP contribution in [0, 0.1) is 11.6 Å². The van der Waals surface area contributed by atoms with Gasteiger partial charge in [-0.05, 0) is 41.8 Å². The average molecular weight is 410 g/mol. The number of halogens is 2. The van der Waals surface area contributed by atoms with Crippen LogP contribution in [0.15, 0.2) is 54.6 Å². The van der Waals surface area contributed by atoms with Gasteiger partial charge in [0.15, 0.2) is 0 Å². The zero-order valence-corrected chi connectivity index (χ0v) is 16.9. The standard InChI is InChI=1S/C23H24F2N4O/c1-3-19-23(29-22(30)12-16-5-4-6-18(25)11-16)20(26-2)13-21(28-19)27-14-15-7-9-17(24)10-8-15/h4-11,13H,3,12,14H2,1-2H3,(H,29,30)(H2,26,27,28). The first kappa shape index (κ1) is 21.2. The number of benzene rings is 2. The molecule has 5 nitrogen and oxygen atoms in total. The second kappa shape index (κ2) is 9.82. The van der Waals surface area contributed by atoms with Crippen molar-refractivity contribution in [2.75, 3.05) is 23.0 Å². The summed E-state index contributed by atoms with van der Waals surface area (Å²) in [6, 6.07) is 14.0. The minimum atomic E-state index is -0.372. The zero-order valence-electron chi connectivity index (χ0n) is 16.9. The summed E-state index contributed by atoms with van der Waals surface area (Å²) in [5, 5.41) is 9.22. The molecule has 30 heavy (non-hydrogen) atoms. The number of nitrogens with zero attached hydrogens (tertiary/aromatic N) is 1. The summed E-state index contributed by atoms with van der Waals surface area (Å²) in [7, 11) is 1.76. The number of aromatic nitrogens is 1. The lowest BCUT2D eigenvalue weighted by atomic mass is 10.1. The summed E-state index contributed by atoms with van der Waals surface area (Å²) in [6.45, 7) is 2.44. The molecule has 0 saturated carbocycles. The fourth-order valence-corrected chi connectivity index (χ4v) is 3.09. The maximum Gasteiger partial charge on any atom is 0.228 e. The highest BCUT2D eigenvalue weighted by atomic mass is 19.1. The molecule has 0 saturated heterocycles. The van der Waals surface area contributed by atoms with Crippen molar-refractivity contribution in [3.63, 3.8) is 0 Å². The van der Waals surface area contributed by atoms with Crippen LogP contribution < -0.4 is 16.0 Å². The molecule has 156 valence electrons. The van der Waals surface area contributed by atoms with Crippen LogP contribution in [0.2, 0.25) is 0 Å². The Kier molecular flexibility index (Phi) is 6.95. The molecule has 0 radical (unpaired) electrons. The van der Waals surface area contributed by atoms with Crippen LogP contribution in [0.25, 0.3) is 0 Å². The van der Waals surface area contributed by atoms with Gasteiger partial charge in [0.2, 0.25) is 5.91 Å². The predicted octanol–water partition coefficient (Wildman–Crippen LogP) is 4.76. The molecule has 1 aromatic heterocycles. The van der Waals surface area contributed by atoms with Gasteiger partial charge in [-0.1, -0.05) is 31.2 Å². The Labute approximate surface area is 174 Å². The SMILES string of the molecule is CCc1nc(NCc2ccc(F)cc2)cc(NC)c1NC(=O)Cc1cccc(F)c1. The third-order valence-electron chi connectivity index (χ3n) is 4.60. The van der Waals surface area contributed by atoms with E-state index in [2.05, 4.69) is 20.9 Å². The molecule has 0 bridgehead atoms. The van der Waals surface area contributed by atoms with Gasteiger partial charge in [0.1, 0.15) is 17.5 Å². The lowest BCUT2D eigenvalue weighted by molar-refractivity contribution is -0.115. The van der Waals surface area contributed by atoms with Gasteiger partial charge in [-0.3, -0.25) is 4.79 Å². The van der Waals surface area contributed by atoms with Crippen LogP contribution in [0.4, 0.5) is 26.0 Å². The van der Waals surface area contributed by atoms with Crippen LogP contribution in [0.1, 0.15) is 23.7 Å². The summed E-state index contributed by atoms with van der Waals surface area (Å²) in [4.78, 5) is 17.1. The van der Waals surface area contributed by atoms with E-state index in [1.807, 2.05) is 6.92 Å². The largest absolute Gasteiger partial charge is 0.386 e. The van der Waals surface area contributed by atoms with Crippen LogP contribution >= 0.6 is 0 Å². The van der Waals surface area contributed by atoms with Gasteiger partial charge in [-0.15, -0.1) is 0 Å². The van der Waals surface area contributed by atoms with E-state index in [0.29, 0.717) is 30.0 Å². The monoisotopic (exact) mass is 410 g/mol. The normalized spacial score (nSPS) is 10.5. The second-order valence-electron chi connectivity index (χ2n) is 6.82. The Bertz CT molecular complexity index is 997. The Morgan fingerprint density at radius 1 is 1.00 bits per heavy atom. The molecule has 0 unspecified atom stereocenters. The minimum Gasteiger partial charge on any atom is -0.386 e. The molecule has 0 fully saturated rings. The molecule has 3 N–H and O–H groups in total. The van der Waals surface area contributed by atoms with Crippen LogP contribution in [-0.4, -0.2) is 17.9 Å². The third-order valence-corrected chi connectivity index (χ3v) is 4.60. The molecule has 7 heteroatoms. The van der Waals surface area contributed by atoms with E-state index in [9.17, 15) is 13.6 Å². The van der Waals surface area contributed by atoms with Crippen molar-refractivity contribution in [3.05, 3.63) is 83.1 Å². The molecule has 0 aliphatic carbocycles. The van der Waals surface area contributed by atoms with E-state index in [1.54, 1.807) is 37.4 Å². The van der Waals surface area contributed by atoms with Crippen molar-refractivity contribution in [1.29, 1.82) is 0 Å². The summed E-state index contributed by atoms with van der Waals surface area (Å²) in [5.74, 6) is -0.256. The maximum absolute atomic E-state index is 13.4. The van der Waals surface area contributed by atoms with Gasteiger partial charge in [-0.25, -0.2) is 13.8 Å². The molecule has 3 rings (SSSR count). The average Bonchev–Trinajstić information content (AvgIpc) is 2.73. The van der Waals surface area contributed by atoms with Crippen molar-refractivity contribution in [2.24, 2.45) is 0 Å². The lowest BCUT2D eigenvalue weighted by Gasteiger charge is -2.17. The lowest BCUT2D eigenvalue weighted by Crippen LogP contribution is -2.18. The molecule has 3 aromatic rings. The van der Waals surface area contributed by atoms with Crippen molar-refractivity contribution in [3.8, 4) is 0 Å². The van der Waals surface area contributed by atoms with E-state index in [1.165, 1.54) is 24.3 Å². The summed E-state index contributed by atoms with van der Waals surface area (Å²) >= 11 is 0. The zero-order chi connectivity index (χ0) is 21.5. The molecule has 1 amide bonds. The number of pyridine rings is 1. The van der Waals surface area contributed by atoms with Gasteiger partial charge in [0.05, 0.1) is 23.5 Å². The number of hydrogen-bond donors (Lipinski definition) is 3. The molecule has 1 heterocycles. The Balaban J connectivity index is 1.75. The smallest absolute Gasteiger partial charge is 0.228 e. The molecular weight excluding hydrogens is 386 g/mol. The maximum atomic E-state index is 13.4. The molecule has 2 aromatic carbocycles. The number of hydrogen-bond acceptors (Lipinski definition) is 4. The number of anilines is 3. The first-order valence-electron chi connectivity index (χ1n) is 9.72. The Morgan fingerprint density at radius 2 is 1.77 bits per heavy atom. The Hall–Kier alpha value is -3.48. The summed E-state index contributed by atoms with van der Waals surface area (Å²) < 4.78 is 26.4. The van der Waals surface area contributed by atoms with Crippen molar-refractivity contribution < 1.29 is 13.6 Å². The molecule has 0 aliphatic heterocycles. The quantitative estimate of drug-likeness (QED) is 0.501. The van der Waals surface area contributed by atoms with Crippen molar-refractivity contribution in [1.82, 2.24) is 4.98 Å². The number of aryl methyl sites for hydroxylation is 1. The van der Waals surface area contributed by atoms with E-state index in [-0.39, 0.29) is 24.0 Å². The van der Waals surface area contributed by atoms with Gasteiger partial charge in [0.25, 0.3) is 0 Å². The van der Waals surface area contributed by atoms with E-state index >= 15 is 0 Å². The Morgan fingerprint density at radius 3 is 2.43 bits per heavy atom. The minimum absolute atomic E-state index is 0.0641. The molecule has 0 aliphatic rings. The van der Waals surface area contributed by atoms with Crippen LogP contribution in [-0.2, 0) is 24.2 Å². The topological polar surface area (TPSA) is 66.1 Å². The molecule has 0 spiro atoms. The van der Waals surface area contributed by atoms with Crippen molar-refractivity contribution >= 4 is 23.1 Å². The number of carbonyl (C=O) groups excluding carboxylic acids is 1. The molecular formula is C23H24F2N4O. The second-order valence-corrected chi connectivity index (χ2v) is 6.82. The fraction of sp³-hybridized carbons (Fsp3) is 0.217. The summed E-state index contributed by atoms with van der Waals surface area (Å²) in [6.07, 6.45) is 0.672. The number of nitrogens with one attached hydrogen (secondary N) is 3. The fourth-order valence-electron chi connectivity index (χ4n) is 3.09. The van der Waals surface area contributed by atoms with Crippen LogP contribution in [0.3, 0.4) is 0 Å². The van der Waals surface area contributed by atoms with E-state index in [4.69, 9.17) is 0 Å². The van der Waals surface area contributed by atoms with Gasteiger partial charge >= 0.3 is 0 Å². The number of carbonyl (C=O) groups is 1. The third kappa shape index (κ3) is 5.53. The van der Waals surface area contributed by atoms with Gasteiger partial charge < -0.3 is 16.0 Å².